The second-order valence-electron chi connectivity index (χ2n) is 8.99. The molecule has 0 atom stereocenters. The third-order valence-corrected chi connectivity index (χ3v) is 5.95. The van der Waals surface area contributed by atoms with Gasteiger partial charge in [0, 0.05) is 23.0 Å². The molecule has 4 aromatic rings. The molecule has 4 N–H and O–H groups in total. The van der Waals surface area contributed by atoms with Gasteiger partial charge in [0.2, 0.25) is 0 Å². The summed E-state index contributed by atoms with van der Waals surface area (Å²) in [6, 6.07) is 15.5. The highest BCUT2D eigenvalue weighted by atomic mass is 19.4. The highest BCUT2D eigenvalue weighted by Gasteiger charge is 2.31. The van der Waals surface area contributed by atoms with E-state index in [2.05, 4.69) is 0 Å². The summed E-state index contributed by atoms with van der Waals surface area (Å²) in [5.74, 6) is 0.421. The van der Waals surface area contributed by atoms with Gasteiger partial charge in [-0.3, -0.25) is 4.79 Å². The van der Waals surface area contributed by atoms with Crippen LogP contribution in [0, 0.1) is 0 Å². The van der Waals surface area contributed by atoms with Crippen molar-refractivity contribution in [1.29, 1.82) is 0 Å². The molecule has 0 bridgehead atoms. The Labute approximate surface area is 222 Å². The van der Waals surface area contributed by atoms with Crippen LogP contribution in [0.15, 0.2) is 75.9 Å². The number of esters is 1. The van der Waals surface area contributed by atoms with E-state index in [1.807, 2.05) is 0 Å². The maximum absolute atomic E-state index is 12.9. The number of benzene rings is 3. The SMILES string of the molecule is Nc1cc(N)cc(C(=O)OCCCCCCOc2ccc(-c3cc(=O)c4cc(C(F)(F)F)ccc4o3)cc2)c1. The van der Waals surface area contributed by atoms with Crippen molar-refractivity contribution in [3.05, 3.63) is 88.1 Å². The predicted octanol–water partition coefficient (Wildman–Crippen LogP) is 6.44. The largest absolute Gasteiger partial charge is 0.494 e. The number of unbranched alkanes of at least 4 members (excludes halogenated alkanes) is 3. The minimum absolute atomic E-state index is 0.0788. The topological polar surface area (TPSA) is 118 Å². The number of nitrogens with two attached hydrogens (primary N) is 2. The Morgan fingerprint density at radius 1 is 0.821 bits per heavy atom. The van der Waals surface area contributed by atoms with Gasteiger partial charge in [0.1, 0.15) is 17.1 Å². The van der Waals surface area contributed by atoms with Crippen LogP contribution in [-0.2, 0) is 10.9 Å². The van der Waals surface area contributed by atoms with Gasteiger partial charge in [-0.2, -0.15) is 13.2 Å². The van der Waals surface area contributed by atoms with Crippen LogP contribution in [0.2, 0.25) is 0 Å². The third kappa shape index (κ3) is 7.31. The molecule has 0 spiro atoms. The van der Waals surface area contributed by atoms with Crippen molar-refractivity contribution in [1.82, 2.24) is 0 Å². The van der Waals surface area contributed by atoms with Crippen molar-refractivity contribution in [2.45, 2.75) is 31.9 Å². The molecular formula is C29H27F3N2O5. The first-order chi connectivity index (χ1) is 18.6. The second kappa shape index (κ2) is 11.9. The highest BCUT2D eigenvalue weighted by Crippen LogP contribution is 2.32. The fourth-order valence-corrected chi connectivity index (χ4v) is 3.98. The smallest absolute Gasteiger partial charge is 0.416 e. The van der Waals surface area contributed by atoms with Crippen LogP contribution in [0.4, 0.5) is 24.5 Å². The molecule has 204 valence electrons. The van der Waals surface area contributed by atoms with E-state index in [-0.39, 0.29) is 16.7 Å². The number of anilines is 2. The van der Waals surface area contributed by atoms with Crippen molar-refractivity contribution in [3.8, 4) is 17.1 Å². The number of carbonyl (C=O) groups excluding carboxylic acids is 1. The van der Waals surface area contributed by atoms with Gasteiger partial charge < -0.3 is 25.4 Å². The van der Waals surface area contributed by atoms with Crippen molar-refractivity contribution in [2.75, 3.05) is 24.7 Å². The molecule has 0 aliphatic heterocycles. The number of alkyl halides is 3. The molecule has 39 heavy (non-hydrogen) atoms. The molecule has 0 amide bonds. The van der Waals surface area contributed by atoms with Crippen molar-refractivity contribution < 1.29 is 31.9 Å². The van der Waals surface area contributed by atoms with Gasteiger partial charge in [-0.1, -0.05) is 0 Å². The fourth-order valence-electron chi connectivity index (χ4n) is 3.98. The van der Waals surface area contributed by atoms with Crippen molar-refractivity contribution in [3.63, 3.8) is 0 Å². The summed E-state index contributed by atoms with van der Waals surface area (Å²) >= 11 is 0. The van der Waals surface area contributed by atoms with Gasteiger partial charge in [0.25, 0.3) is 0 Å². The number of hydrogen-bond acceptors (Lipinski definition) is 7. The van der Waals surface area contributed by atoms with Crippen LogP contribution in [-0.4, -0.2) is 19.2 Å². The van der Waals surface area contributed by atoms with E-state index in [0.717, 1.165) is 37.5 Å². The summed E-state index contributed by atoms with van der Waals surface area (Å²) in [5.41, 5.74) is 11.7. The Balaban J connectivity index is 1.20. The zero-order valence-corrected chi connectivity index (χ0v) is 20.9. The fraction of sp³-hybridized carbons (Fsp3) is 0.241. The third-order valence-electron chi connectivity index (χ3n) is 5.95. The van der Waals surface area contributed by atoms with Crippen LogP contribution in [0.3, 0.4) is 0 Å². The highest BCUT2D eigenvalue weighted by molar-refractivity contribution is 5.91. The van der Waals surface area contributed by atoms with E-state index < -0.39 is 23.1 Å². The van der Waals surface area contributed by atoms with Gasteiger partial charge in [0.15, 0.2) is 5.43 Å². The van der Waals surface area contributed by atoms with Crippen LogP contribution in [0.5, 0.6) is 5.75 Å². The Bertz CT molecular complexity index is 1490. The first-order valence-corrected chi connectivity index (χ1v) is 12.3. The van der Waals surface area contributed by atoms with Gasteiger partial charge in [-0.25, -0.2) is 4.79 Å². The summed E-state index contributed by atoms with van der Waals surface area (Å²) in [7, 11) is 0. The van der Waals surface area contributed by atoms with Gasteiger partial charge in [0.05, 0.1) is 29.7 Å². The van der Waals surface area contributed by atoms with E-state index in [1.54, 1.807) is 30.3 Å². The number of rotatable bonds is 10. The van der Waals surface area contributed by atoms with Crippen LogP contribution in [0.25, 0.3) is 22.3 Å². The molecule has 3 aromatic carbocycles. The molecule has 10 heteroatoms. The molecule has 0 aliphatic rings. The number of ether oxygens (including phenoxy) is 2. The van der Waals surface area contributed by atoms with Gasteiger partial charge in [-0.05, 0) is 86.3 Å². The van der Waals surface area contributed by atoms with Crippen LogP contribution in [0.1, 0.15) is 41.6 Å². The maximum Gasteiger partial charge on any atom is 0.416 e. The normalized spacial score (nSPS) is 11.5. The summed E-state index contributed by atoms with van der Waals surface area (Å²) in [4.78, 5) is 24.5. The summed E-state index contributed by atoms with van der Waals surface area (Å²) in [5, 5.41) is -0.127. The lowest BCUT2D eigenvalue weighted by atomic mass is 10.1. The first kappa shape index (κ1) is 27.6. The summed E-state index contributed by atoms with van der Waals surface area (Å²) in [6.07, 6.45) is -1.27. The number of hydrogen-bond donors (Lipinski definition) is 2. The Morgan fingerprint density at radius 3 is 2.15 bits per heavy atom. The Morgan fingerprint density at radius 2 is 1.49 bits per heavy atom. The molecule has 0 fully saturated rings. The number of carbonyl (C=O) groups is 1. The lowest BCUT2D eigenvalue weighted by molar-refractivity contribution is -0.137. The predicted molar refractivity (Wildman–Crippen MR) is 142 cm³/mol. The van der Waals surface area contributed by atoms with E-state index in [9.17, 15) is 22.8 Å². The van der Waals surface area contributed by atoms with Crippen molar-refractivity contribution in [2.24, 2.45) is 0 Å². The number of halogens is 3. The molecular weight excluding hydrogens is 513 g/mol. The monoisotopic (exact) mass is 540 g/mol. The van der Waals surface area contributed by atoms with E-state index in [0.29, 0.717) is 47.9 Å². The zero-order chi connectivity index (χ0) is 28.0. The molecule has 0 radical (unpaired) electrons. The second-order valence-corrected chi connectivity index (χ2v) is 8.99. The van der Waals surface area contributed by atoms with Crippen molar-refractivity contribution >= 4 is 28.3 Å². The van der Waals surface area contributed by atoms with E-state index >= 15 is 0 Å². The quantitative estimate of drug-likeness (QED) is 0.135. The lowest BCUT2D eigenvalue weighted by Gasteiger charge is -2.09. The van der Waals surface area contributed by atoms with Crippen LogP contribution >= 0.6 is 0 Å². The molecule has 0 saturated heterocycles. The summed E-state index contributed by atoms with van der Waals surface area (Å²) < 4.78 is 55.5. The average molecular weight is 541 g/mol. The average Bonchev–Trinajstić information content (AvgIpc) is 2.89. The van der Waals surface area contributed by atoms with Gasteiger partial charge in [-0.15, -0.1) is 0 Å². The molecule has 0 saturated carbocycles. The van der Waals surface area contributed by atoms with Gasteiger partial charge >= 0.3 is 12.1 Å². The molecule has 1 aromatic heterocycles. The molecule has 1 heterocycles. The molecule has 4 rings (SSSR count). The Hall–Kier alpha value is -4.47. The minimum Gasteiger partial charge on any atom is -0.494 e. The lowest BCUT2D eigenvalue weighted by Crippen LogP contribution is -2.08. The Kier molecular flexibility index (Phi) is 8.43. The molecule has 0 unspecified atom stereocenters. The van der Waals surface area contributed by atoms with E-state index in [4.69, 9.17) is 25.4 Å². The number of fused-ring (bicyclic) bond motifs is 1. The minimum atomic E-state index is -4.54. The zero-order valence-electron chi connectivity index (χ0n) is 20.9. The van der Waals surface area contributed by atoms with Crippen LogP contribution < -0.4 is 21.6 Å². The molecule has 0 aliphatic carbocycles. The number of nitrogen functional groups attached to an aromatic ring is 2. The molecule has 7 nitrogen and oxygen atoms in total. The maximum atomic E-state index is 12.9. The first-order valence-electron chi connectivity index (χ1n) is 12.3. The standard InChI is InChI=1S/C29H27F3N2O5/c30-29(31,32)20-7-10-26-24(15-20)25(35)17-27(39-26)18-5-8-23(9-6-18)37-11-3-1-2-4-12-38-28(36)19-13-21(33)16-22(34)14-19/h5-10,13-17H,1-4,11-12,33-34H2. The summed E-state index contributed by atoms with van der Waals surface area (Å²) in [6.45, 7) is 0.790. The van der Waals surface area contributed by atoms with E-state index in [1.165, 1.54) is 18.2 Å².